The van der Waals surface area contributed by atoms with Crippen LogP contribution in [-0.2, 0) is 0 Å². The molecule has 0 aliphatic heterocycles. The van der Waals surface area contributed by atoms with Gasteiger partial charge in [-0.1, -0.05) is 0 Å². The first-order chi connectivity index (χ1) is 6.72. The summed E-state index contributed by atoms with van der Waals surface area (Å²) in [7, 11) is 0. The number of aromatic nitrogens is 2. The average molecular weight is 210 g/mol. The van der Waals surface area contributed by atoms with Crippen LogP contribution in [0.25, 0.3) is 10.9 Å². The van der Waals surface area contributed by atoms with Crippen molar-refractivity contribution in [1.29, 1.82) is 0 Å². The van der Waals surface area contributed by atoms with Gasteiger partial charge < -0.3 is 4.98 Å². The van der Waals surface area contributed by atoms with Gasteiger partial charge in [-0.2, -0.15) is 0 Å². The van der Waals surface area contributed by atoms with Gasteiger partial charge in [0, 0.05) is 11.0 Å². The summed E-state index contributed by atoms with van der Waals surface area (Å²) >= 11 is 1.26. The number of aromatic amines is 1. The van der Waals surface area contributed by atoms with Gasteiger partial charge in [-0.15, -0.1) is 11.8 Å². The van der Waals surface area contributed by atoms with Gasteiger partial charge >= 0.3 is 0 Å². The van der Waals surface area contributed by atoms with Crippen LogP contribution in [0, 0.1) is 5.82 Å². The first-order valence-electron chi connectivity index (χ1n) is 3.93. The van der Waals surface area contributed by atoms with Gasteiger partial charge in [-0.3, -0.25) is 4.79 Å². The molecule has 0 amide bonds. The number of nitrogens with zero attached hydrogens (tertiary/aromatic N) is 1. The van der Waals surface area contributed by atoms with Crippen molar-refractivity contribution in [3.8, 4) is 0 Å². The highest BCUT2D eigenvalue weighted by atomic mass is 32.2. The lowest BCUT2D eigenvalue weighted by Gasteiger charge is -2.00. The quantitative estimate of drug-likeness (QED) is 0.730. The number of rotatable bonds is 1. The minimum absolute atomic E-state index is 0.245. The number of hydrogen-bond acceptors (Lipinski definition) is 3. The lowest BCUT2D eigenvalue weighted by molar-refractivity contribution is 0.604. The minimum atomic E-state index is -0.344. The van der Waals surface area contributed by atoms with Crippen molar-refractivity contribution in [2.24, 2.45) is 0 Å². The van der Waals surface area contributed by atoms with E-state index in [9.17, 15) is 9.18 Å². The molecule has 0 radical (unpaired) electrons. The van der Waals surface area contributed by atoms with Crippen LogP contribution in [0.4, 0.5) is 4.39 Å². The lowest BCUT2D eigenvalue weighted by Crippen LogP contribution is -2.06. The molecule has 1 heterocycles. The first kappa shape index (κ1) is 9.21. The molecule has 0 saturated carbocycles. The van der Waals surface area contributed by atoms with E-state index < -0.39 is 0 Å². The van der Waals surface area contributed by atoms with Crippen LogP contribution in [0.15, 0.2) is 28.2 Å². The van der Waals surface area contributed by atoms with Gasteiger partial charge in [-0.05, 0) is 12.3 Å². The Labute approximate surface area is 83.4 Å². The summed E-state index contributed by atoms with van der Waals surface area (Å²) in [5, 5.41) is 0.415. The molecule has 0 fully saturated rings. The van der Waals surface area contributed by atoms with Crippen molar-refractivity contribution in [3.05, 3.63) is 34.6 Å². The zero-order valence-corrected chi connectivity index (χ0v) is 8.19. The van der Waals surface area contributed by atoms with Crippen molar-refractivity contribution < 1.29 is 4.39 Å². The molecule has 0 unspecified atom stereocenters. The summed E-state index contributed by atoms with van der Waals surface area (Å²) < 4.78 is 13.3. The fraction of sp³-hybridized carbons (Fsp3) is 0.111. The minimum Gasteiger partial charge on any atom is -0.313 e. The van der Waals surface area contributed by atoms with Gasteiger partial charge in [-0.25, -0.2) is 9.37 Å². The van der Waals surface area contributed by atoms with Gasteiger partial charge in [0.2, 0.25) is 0 Å². The fourth-order valence-electron chi connectivity index (χ4n) is 1.23. The van der Waals surface area contributed by atoms with E-state index in [2.05, 4.69) is 9.97 Å². The Morgan fingerprint density at radius 1 is 1.50 bits per heavy atom. The highest BCUT2D eigenvalue weighted by Gasteiger charge is 2.06. The van der Waals surface area contributed by atoms with E-state index in [0.717, 1.165) is 0 Å². The molecule has 1 aromatic heterocycles. The topological polar surface area (TPSA) is 45.8 Å². The molecular weight excluding hydrogens is 203 g/mol. The summed E-state index contributed by atoms with van der Waals surface area (Å²) in [5.74, 6) is -0.344. The zero-order valence-electron chi connectivity index (χ0n) is 7.37. The number of benzene rings is 1. The standard InChI is InChI=1S/C9H7FN2OS/c1-14-8-2-5-7(3-6(8)10)11-4-12-9(5)13/h2-4H,1H3,(H,11,12,13). The lowest BCUT2D eigenvalue weighted by atomic mass is 10.2. The Kier molecular flexibility index (Phi) is 2.25. The molecule has 0 saturated heterocycles. The molecule has 0 aliphatic rings. The van der Waals surface area contributed by atoms with E-state index in [1.807, 2.05) is 0 Å². The van der Waals surface area contributed by atoms with Crippen LogP contribution in [-0.4, -0.2) is 16.2 Å². The summed E-state index contributed by atoms with van der Waals surface area (Å²) in [4.78, 5) is 18.1. The van der Waals surface area contributed by atoms with Crippen molar-refractivity contribution in [1.82, 2.24) is 9.97 Å². The van der Waals surface area contributed by atoms with Crippen LogP contribution >= 0.6 is 11.8 Å². The Morgan fingerprint density at radius 3 is 3.00 bits per heavy atom. The SMILES string of the molecule is CSc1cc2c(=O)[nH]cnc2cc1F. The molecule has 14 heavy (non-hydrogen) atoms. The maximum absolute atomic E-state index is 13.3. The predicted molar refractivity (Wildman–Crippen MR) is 54.1 cm³/mol. The Balaban J connectivity index is 2.87. The molecule has 0 aliphatic carbocycles. The molecular formula is C9H7FN2OS. The van der Waals surface area contributed by atoms with Crippen LogP contribution < -0.4 is 5.56 Å². The van der Waals surface area contributed by atoms with E-state index in [-0.39, 0.29) is 11.4 Å². The van der Waals surface area contributed by atoms with E-state index >= 15 is 0 Å². The second-order valence-electron chi connectivity index (χ2n) is 2.74. The van der Waals surface area contributed by atoms with Crippen LogP contribution in [0.1, 0.15) is 0 Å². The predicted octanol–water partition coefficient (Wildman–Crippen LogP) is 1.78. The molecule has 5 heteroatoms. The normalized spacial score (nSPS) is 10.7. The fourth-order valence-corrected chi connectivity index (χ4v) is 1.72. The molecule has 72 valence electrons. The molecule has 2 rings (SSSR count). The summed E-state index contributed by atoms with van der Waals surface area (Å²) in [5.41, 5.74) is 0.134. The molecule has 0 spiro atoms. The van der Waals surface area contributed by atoms with Crippen molar-refractivity contribution in [2.45, 2.75) is 4.90 Å². The largest absolute Gasteiger partial charge is 0.313 e. The van der Waals surface area contributed by atoms with Crippen LogP contribution in [0.5, 0.6) is 0 Å². The summed E-state index contributed by atoms with van der Waals surface area (Å²) in [6.45, 7) is 0. The number of H-pyrrole nitrogens is 1. The molecule has 3 nitrogen and oxygen atoms in total. The number of nitrogens with one attached hydrogen (secondary N) is 1. The number of thioether (sulfide) groups is 1. The number of hydrogen-bond donors (Lipinski definition) is 1. The van der Waals surface area contributed by atoms with Crippen molar-refractivity contribution in [3.63, 3.8) is 0 Å². The van der Waals surface area contributed by atoms with Gasteiger partial charge in [0.1, 0.15) is 5.82 Å². The summed E-state index contributed by atoms with van der Waals surface area (Å²) in [6, 6.07) is 2.79. The van der Waals surface area contributed by atoms with Crippen molar-refractivity contribution >= 4 is 22.7 Å². The molecule has 0 atom stereocenters. The Bertz CT molecular complexity index is 538. The Morgan fingerprint density at radius 2 is 2.29 bits per heavy atom. The molecule has 1 N–H and O–H groups in total. The zero-order chi connectivity index (χ0) is 10.1. The van der Waals surface area contributed by atoms with Gasteiger partial charge in [0.05, 0.1) is 17.2 Å². The second-order valence-corrected chi connectivity index (χ2v) is 3.58. The number of halogens is 1. The maximum atomic E-state index is 13.3. The van der Waals surface area contributed by atoms with Crippen molar-refractivity contribution in [2.75, 3.05) is 6.26 Å². The molecule has 1 aromatic carbocycles. The van der Waals surface area contributed by atoms with Crippen LogP contribution in [0.2, 0.25) is 0 Å². The third-order valence-electron chi connectivity index (χ3n) is 1.91. The van der Waals surface area contributed by atoms with Gasteiger partial charge in [0.15, 0.2) is 0 Å². The number of fused-ring (bicyclic) bond motifs is 1. The van der Waals surface area contributed by atoms with E-state index in [0.29, 0.717) is 15.8 Å². The van der Waals surface area contributed by atoms with E-state index in [1.165, 1.54) is 30.2 Å². The van der Waals surface area contributed by atoms with Crippen LogP contribution in [0.3, 0.4) is 0 Å². The maximum Gasteiger partial charge on any atom is 0.258 e. The third kappa shape index (κ3) is 1.39. The first-order valence-corrected chi connectivity index (χ1v) is 5.16. The van der Waals surface area contributed by atoms with E-state index in [4.69, 9.17) is 0 Å². The smallest absolute Gasteiger partial charge is 0.258 e. The summed E-state index contributed by atoms with van der Waals surface area (Å²) in [6.07, 6.45) is 3.03. The molecule has 0 bridgehead atoms. The monoisotopic (exact) mass is 210 g/mol. The highest BCUT2D eigenvalue weighted by molar-refractivity contribution is 7.98. The second kappa shape index (κ2) is 3.42. The molecule has 2 aromatic rings. The van der Waals surface area contributed by atoms with E-state index in [1.54, 1.807) is 6.26 Å². The van der Waals surface area contributed by atoms with Gasteiger partial charge in [0.25, 0.3) is 5.56 Å². The Hall–Kier alpha value is -1.36. The average Bonchev–Trinajstić information content (AvgIpc) is 2.17. The third-order valence-corrected chi connectivity index (χ3v) is 2.67. The highest BCUT2D eigenvalue weighted by Crippen LogP contribution is 2.22.